The molecule has 1 aromatic carbocycles. The van der Waals surface area contributed by atoms with Crippen LogP contribution in [0.25, 0.3) is 5.57 Å². The highest BCUT2D eigenvalue weighted by Crippen LogP contribution is 2.45. The van der Waals surface area contributed by atoms with Gasteiger partial charge in [-0.15, -0.1) is 0 Å². The van der Waals surface area contributed by atoms with Crippen LogP contribution in [0.3, 0.4) is 0 Å². The summed E-state index contributed by atoms with van der Waals surface area (Å²) in [6, 6.07) is 8.23. The van der Waals surface area contributed by atoms with Crippen molar-refractivity contribution in [3.63, 3.8) is 0 Å². The van der Waals surface area contributed by atoms with Gasteiger partial charge in [0.05, 0.1) is 7.11 Å². The van der Waals surface area contributed by atoms with Gasteiger partial charge in [0, 0.05) is 11.5 Å². The number of benzene rings is 1. The van der Waals surface area contributed by atoms with Gasteiger partial charge in [0.1, 0.15) is 5.75 Å². The van der Waals surface area contributed by atoms with Crippen molar-refractivity contribution < 1.29 is 4.74 Å². The summed E-state index contributed by atoms with van der Waals surface area (Å²) >= 11 is 0. The highest BCUT2D eigenvalue weighted by atomic mass is 16.5. The largest absolute Gasteiger partial charge is 0.496 e. The van der Waals surface area contributed by atoms with Crippen LogP contribution in [0.4, 0.5) is 0 Å². The van der Waals surface area contributed by atoms with Gasteiger partial charge in [-0.1, -0.05) is 30.7 Å². The van der Waals surface area contributed by atoms with Crippen molar-refractivity contribution in [2.75, 3.05) is 7.11 Å². The standard InChI is InChI=1S/C16H19O/c1-10-11(2)13(4)16(12(10)3)14-8-6-7-9-15(14)17-5/h6-9H,1-5H3. The number of hydrogen-bond acceptors (Lipinski definition) is 1. The lowest BCUT2D eigenvalue weighted by Gasteiger charge is -2.15. The molecule has 0 aromatic heterocycles. The topological polar surface area (TPSA) is 9.23 Å². The molecule has 0 amide bonds. The summed E-state index contributed by atoms with van der Waals surface area (Å²) in [6.45, 7) is 8.77. The molecule has 0 atom stereocenters. The van der Waals surface area contributed by atoms with Gasteiger partial charge < -0.3 is 4.74 Å². The van der Waals surface area contributed by atoms with E-state index in [9.17, 15) is 0 Å². The highest BCUT2D eigenvalue weighted by Gasteiger charge is 2.26. The van der Waals surface area contributed by atoms with Gasteiger partial charge in [-0.3, -0.25) is 0 Å². The molecule has 17 heavy (non-hydrogen) atoms. The highest BCUT2D eigenvalue weighted by molar-refractivity contribution is 5.90. The van der Waals surface area contributed by atoms with Crippen LogP contribution in [0.15, 0.2) is 41.0 Å². The summed E-state index contributed by atoms with van der Waals surface area (Å²) in [4.78, 5) is 0. The van der Waals surface area contributed by atoms with E-state index in [2.05, 4.69) is 39.8 Å². The summed E-state index contributed by atoms with van der Waals surface area (Å²) in [5.74, 6) is 2.31. The van der Waals surface area contributed by atoms with E-state index in [1.807, 2.05) is 12.1 Å². The first kappa shape index (κ1) is 12.0. The fourth-order valence-electron chi connectivity index (χ4n) is 2.47. The lowest BCUT2D eigenvalue weighted by Crippen LogP contribution is -1.97. The van der Waals surface area contributed by atoms with Crippen LogP contribution < -0.4 is 4.74 Å². The molecule has 0 saturated carbocycles. The third-order valence-corrected chi connectivity index (χ3v) is 3.81. The second kappa shape index (κ2) is 4.40. The molecule has 2 rings (SSSR count). The predicted molar refractivity (Wildman–Crippen MR) is 72.9 cm³/mol. The molecule has 1 aromatic rings. The van der Waals surface area contributed by atoms with Crippen LogP contribution in [0.5, 0.6) is 5.75 Å². The molecular formula is C16H19O. The third-order valence-electron chi connectivity index (χ3n) is 3.81. The van der Waals surface area contributed by atoms with Crippen LogP contribution in [0.1, 0.15) is 33.3 Å². The molecule has 0 fully saturated rings. The Bertz CT molecular complexity index is 506. The molecule has 0 unspecified atom stereocenters. The minimum atomic E-state index is 0.948. The van der Waals surface area contributed by atoms with Crippen molar-refractivity contribution in [3.05, 3.63) is 52.5 Å². The number of allylic oxidation sites excluding steroid dienone is 4. The van der Waals surface area contributed by atoms with E-state index in [1.54, 1.807) is 7.11 Å². The van der Waals surface area contributed by atoms with Crippen LogP contribution in [-0.2, 0) is 0 Å². The van der Waals surface area contributed by atoms with E-state index in [4.69, 9.17) is 4.74 Å². The van der Waals surface area contributed by atoms with Crippen LogP contribution >= 0.6 is 0 Å². The lowest BCUT2D eigenvalue weighted by molar-refractivity contribution is 0.413. The van der Waals surface area contributed by atoms with Gasteiger partial charge >= 0.3 is 0 Å². The molecule has 0 spiro atoms. The molecule has 0 N–H and O–H groups in total. The summed E-state index contributed by atoms with van der Waals surface area (Å²) in [5, 5.41) is 0. The molecule has 1 nitrogen and oxygen atoms in total. The Kier molecular flexibility index (Phi) is 3.10. The molecule has 0 bridgehead atoms. The van der Waals surface area contributed by atoms with Crippen molar-refractivity contribution >= 4 is 5.57 Å². The van der Waals surface area contributed by atoms with E-state index in [-0.39, 0.29) is 0 Å². The van der Waals surface area contributed by atoms with E-state index >= 15 is 0 Å². The molecule has 1 heteroatoms. The Balaban J connectivity index is 2.57. The molecule has 0 heterocycles. The zero-order valence-corrected chi connectivity index (χ0v) is 11.2. The Morgan fingerprint density at radius 3 is 2.00 bits per heavy atom. The number of ether oxygens (including phenoxy) is 1. The number of rotatable bonds is 2. The quantitative estimate of drug-likeness (QED) is 0.727. The Morgan fingerprint density at radius 2 is 1.47 bits per heavy atom. The predicted octanol–water partition coefficient (Wildman–Crippen LogP) is 4.41. The van der Waals surface area contributed by atoms with Crippen LogP contribution in [-0.4, -0.2) is 7.11 Å². The third kappa shape index (κ3) is 1.80. The van der Waals surface area contributed by atoms with E-state index in [1.165, 1.54) is 33.8 Å². The maximum Gasteiger partial charge on any atom is 0.126 e. The van der Waals surface area contributed by atoms with Gasteiger partial charge in [-0.05, 0) is 43.6 Å². The van der Waals surface area contributed by atoms with Crippen molar-refractivity contribution in [3.8, 4) is 5.75 Å². The first-order chi connectivity index (χ1) is 8.07. The first-order valence-corrected chi connectivity index (χ1v) is 5.94. The molecule has 0 saturated heterocycles. The Labute approximate surface area is 104 Å². The Morgan fingerprint density at radius 1 is 0.824 bits per heavy atom. The van der Waals surface area contributed by atoms with Crippen molar-refractivity contribution in [2.45, 2.75) is 27.7 Å². The zero-order chi connectivity index (χ0) is 12.6. The molecule has 0 aliphatic heterocycles. The van der Waals surface area contributed by atoms with E-state index in [0.717, 1.165) is 5.75 Å². The molecule has 1 aliphatic rings. The van der Waals surface area contributed by atoms with Crippen molar-refractivity contribution in [1.29, 1.82) is 0 Å². The maximum atomic E-state index is 5.46. The summed E-state index contributed by atoms with van der Waals surface area (Å²) in [7, 11) is 1.73. The maximum absolute atomic E-state index is 5.46. The SMILES string of the molecule is COc1ccccc1C1=C(C)C(C)=C(C)[C]1C. The minimum Gasteiger partial charge on any atom is -0.496 e. The monoisotopic (exact) mass is 227 g/mol. The lowest BCUT2D eigenvalue weighted by atomic mass is 9.91. The minimum absolute atomic E-state index is 0.948. The zero-order valence-electron chi connectivity index (χ0n) is 11.2. The summed E-state index contributed by atoms with van der Waals surface area (Å²) in [5.41, 5.74) is 6.68. The molecule has 1 aliphatic carbocycles. The number of methoxy groups -OCH3 is 1. The smallest absolute Gasteiger partial charge is 0.126 e. The fourth-order valence-corrected chi connectivity index (χ4v) is 2.47. The second-order valence-electron chi connectivity index (χ2n) is 4.58. The van der Waals surface area contributed by atoms with Gasteiger partial charge in [0.2, 0.25) is 0 Å². The van der Waals surface area contributed by atoms with Crippen LogP contribution in [0, 0.1) is 5.92 Å². The summed E-state index contributed by atoms with van der Waals surface area (Å²) in [6.07, 6.45) is 0. The van der Waals surface area contributed by atoms with Gasteiger partial charge in [0.25, 0.3) is 0 Å². The normalized spacial score (nSPS) is 17.0. The van der Waals surface area contributed by atoms with Gasteiger partial charge in [-0.2, -0.15) is 0 Å². The first-order valence-electron chi connectivity index (χ1n) is 5.94. The van der Waals surface area contributed by atoms with Gasteiger partial charge in [-0.25, -0.2) is 0 Å². The Hall–Kier alpha value is -1.50. The van der Waals surface area contributed by atoms with Crippen molar-refractivity contribution in [2.24, 2.45) is 0 Å². The molecule has 1 radical (unpaired) electrons. The number of para-hydroxylation sites is 1. The average Bonchev–Trinajstić information content (AvgIpc) is 2.54. The average molecular weight is 227 g/mol. The molecule has 89 valence electrons. The summed E-state index contributed by atoms with van der Waals surface area (Å²) < 4.78 is 5.46. The number of hydrogen-bond donors (Lipinski definition) is 0. The van der Waals surface area contributed by atoms with Gasteiger partial charge in [0.15, 0.2) is 0 Å². The second-order valence-corrected chi connectivity index (χ2v) is 4.58. The molecular weight excluding hydrogens is 208 g/mol. The van der Waals surface area contributed by atoms with Crippen LogP contribution in [0.2, 0.25) is 0 Å². The fraction of sp³-hybridized carbons (Fsp3) is 0.312. The van der Waals surface area contributed by atoms with Crippen molar-refractivity contribution in [1.82, 2.24) is 0 Å². The van der Waals surface area contributed by atoms with E-state index < -0.39 is 0 Å². The van der Waals surface area contributed by atoms with E-state index in [0.29, 0.717) is 0 Å².